The Morgan fingerprint density at radius 1 is 1.40 bits per heavy atom. The molecule has 1 heterocycles. The van der Waals surface area contributed by atoms with Gasteiger partial charge in [0.25, 0.3) is 5.69 Å². The first-order valence-electron chi connectivity index (χ1n) is 7.40. The maximum Gasteiger partial charge on any atom is 0.292 e. The molecule has 1 aliphatic heterocycles. The van der Waals surface area contributed by atoms with Crippen molar-refractivity contribution in [3.05, 3.63) is 34.4 Å². The van der Waals surface area contributed by atoms with Crippen LogP contribution in [0.3, 0.4) is 0 Å². The van der Waals surface area contributed by atoms with Crippen LogP contribution in [0, 0.1) is 10.1 Å². The summed E-state index contributed by atoms with van der Waals surface area (Å²) < 4.78 is 0. The summed E-state index contributed by atoms with van der Waals surface area (Å²) >= 11 is 0. The zero-order valence-corrected chi connectivity index (χ0v) is 12.0. The lowest BCUT2D eigenvalue weighted by molar-refractivity contribution is -0.384. The molecule has 5 heteroatoms. The summed E-state index contributed by atoms with van der Waals surface area (Å²) in [5.74, 6) is 0. The van der Waals surface area contributed by atoms with E-state index in [1.807, 2.05) is 6.07 Å². The van der Waals surface area contributed by atoms with Gasteiger partial charge in [-0.2, -0.15) is 0 Å². The maximum atomic E-state index is 11.0. The second kappa shape index (κ2) is 7.24. The quantitative estimate of drug-likeness (QED) is 0.640. The van der Waals surface area contributed by atoms with E-state index in [1.54, 1.807) is 18.2 Å². The summed E-state index contributed by atoms with van der Waals surface area (Å²) in [6.45, 7) is 3.17. The number of hydrogen-bond donors (Lipinski definition) is 2. The summed E-state index contributed by atoms with van der Waals surface area (Å²) in [6.07, 6.45) is 6.02. The number of benzene rings is 1. The first kappa shape index (κ1) is 14.8. The molecule has 2 rings (SSSR count). The SMILES string of the molecule is CC(CC1CCCCCN1)Nc1ccccc1[N+](=O)[O-]. The van der Waals surface area contributed by atoms with Crippen molar-refractivity contribution in [1.29, 1.82) is 0 Å². The van der Waals surface area contributed by atoms with Gasteiger partial charge in [-0.1, -0.05) is 25.0 Å². The topological polar surface area (TPSA) is 67.2 Å². The lowest BCUT2D eigenvalue weighted by atomic mass is 10.0. The average Bonchev–Trinajstić information content (AvgIpc) is 2.67. The van der Waals surface area contributed by atoms with Crippen molar-refractivity contribution in [2.24, 2.45) is 0 Å². The third-order valence-electron chi connectivity index (χ3n) is 3.80. The molecule has 2 N–H and O–H groups in total. The van der Waals surface area contributed by atoms with Gasteiger partial charge in [-0.25, -0.2) is 0 Å². The number of nitrogens with one attached hydrogen (secondary N) is 2. The minimum Gasteiger partial charge on any atom is -0.377 e. The van der Waals surface area contributed by atoms with Crippen LogP contribution in [0.1, 0.15) is 39.0 Å². The van der Waals surface area contributed by atoms with Crippen molar-refractivity contribution in [2.75, 3.05) is 11.9 Å². The van der Waals surface area contributed by atoms with E-state index in [1.165, 1.54) is 25.7 Å². The summed E-state index contributed by atoms with van der Waals surface area (Å²) in [6, 6.07) is 7.57. The van der Waals surface area contributed by atoms with E-state index in [-0.39, 0.29) is 16.7 Å². The summed E-state index contributed by atoms with van der Waals surface area (Å²) in [7, 11) is 0. The molecule has 0 amide bonds. The van der Waals surface area contributed by atoms with Crippen LogP contribution in [0.25, 0.3) is 0 Å². The van der Waals surface area contributed by atoms with Crippen LogP contribution >= 0.6 is 0 Å². The highest BCUT2D eigenvalue weighted by Crippen LogP contribution is 2.25. The number of hydrogen-bond acceptors (Lipinski definition) is 4. The van der Waals surface area contributed by atoms with Crippen LogP contribution in [0.2, 0.25) is 0 Å². The van der Waals surface area contributed by atoms with Crippen LogP contribution in [0.4, 0.5) is 11.4 Å². The third kappa shape index (κ3) is 4.20. The smallest absolute Gasteiger partial charge is 0.292 e. The molecule has 0 aliphatic carbocycles. The molecule has 1 aromatic rings. The first-order valence-corrected chi connectivity index (χ1v) is 7.40. The highest BCUT2D eigenvalue weighted by Gasteiger charge is 2.18. The number of para-hydroxylation sites is 2. The lowest BCUT2D eigenvalue weighted by Crippen LogP contribution is -2.33. The second-order valence-electron chi connectivity index (χ2n) is 5.56. The number of nitro benzene ring substituents is 1. The molecule has 1 saturated heterocycles. The average molecular weight is 277 g/mol. The summed E-state index contributed by atoms with van der Waals surface area (Å²) in [4.78, 5) is 10.7. The van der Waals surface area contributed by atoms with Gasteiger partial charge < -0.3 is 10.6 Å². The lowest BCUT2D eigenvalue weighted by Gasteiger charge is -2.22. The maximum absolute atomic E-state index is 11.0. The van der Waals surface area contributed by atoms with Crippen molar-refractivity contribution in [3.8, 4) is 0 Å². The van der Waals surface area contributed by atoms with Crippen LogP contribution in [0.5, 0.6) is 0 Å². The molecule has 0 saturated carbocycles. The van der Waals surface area contributed by atoms with Gasteiger partial charge in [-0.05, 0) is 38.8 Å². The molecule has 20 heavy (non-hydrogen) atoms. The van der Waals surface area contributed by atoms with Gasteiger partial charge in [-0.3, -0.25) is 10.1 Å². The van der Waals surface area contributed by atoms with Gasteiger partial charge in [-0.15, -0.1) is 0 Å². The zero-order valence-electron chi connectivity index (χ0n) is 12.0. The van der Waals surface area contributed by atoms with E-state index >= 15 is 0 Å². The first-order chi connectivity index (χ1) is 9.66. The molecule has 0 spiro atoms. The molecule has 0 radical (unpaired) electrons. The van der Waals surface area contributed by atoms with E-state index < -0.39 is 0 Å². The van der Waals surface area contributed by atoms with Crippen LogP contribution in [0.15, 0.2) is 24.3 Å². The van der Waals surface area contributed by atoms with E-state index in [0.29, 0.717) is 11.7 Å². The van der Waals surface area contributed by atoms with Gasteiger partial charge in [0.05, 0.1) is 4.92 Å². The largest absolute Gasteiger partial charge is 0.377 e. The predicted molar refractivity (Wildman–Crippen MR) is 81.1 cm³/mol. The van der Waals surface area contributed by atoms with E-state index in [4.69, 9.17) is 0 Å². The standard InChI is InChI=1S/C15H23N3O2/c1-12(11-13-7-3-2-6-10-16-13)17-14-8-4-5-9-15(14)18(19)20/h4-5,8-9,12-13,16-17H,2-3,6-7,10-11H2,1H3. The van der Waals surface area contributed by atoms with Crippen molar-refractivity contribution < 1.29 is 4.92 Å². The minimum atomic E-state index is -0.334. The molecule has 2 atom stereocenters. The van der Waals surface area contributed by atoms with Crippen molar-refractivity contribution in [1.82, 2.24) is 5.32 Å². The highest BCUT2D eigenvalue weighted by atomic mass is 16.6. The minimum absolute atomic E-state index is 0.146. The fourth-order valence-corrected chi connectivity index (χ4v) is 2.81. The second-order valence-corrected chi connectivity index (χ2v) is 5.56. The normalized spacial score (nSPS) is 20.9. The Kier molecular flexibility index (Phi) is 5.35. The van der Waals surface area contributed by atoms with E-state index in [9.17, 15) is 10.1 Å². The Bertz CT molecular complexity index is 442. The van der Waals surface area contributed by atoms with Crippen LogP contribution in [-0.2, 0) is 0 Å². The number of anilines is 1. The fraction of sp³-hybridized carbons (Fsp3) is 0.600. The molecule has 5 nitrogen and oxygen atoms in total. The molecule has 110 valence electrons. The summed E-state index contributed by atoms with van der Waals surface area (Å²) in [5.41, 5.74) is 0.756. The molecular formula is C15H23N3O2. The molecular weight excluding hydrogens is 254 g/mol. The van der Waals surface area contributed by atoms with Crippen molar-refractivity contribution in [3.63, 3.8) is 0 Å². The van der Waals surface area contributed by atoms with E-state index in [0.717, 1.165) is 13.0 Å². The van der Waals surface area contributed by atoms with Gasteiger partial charge in [0.2, 0.25) is 0 Å². The number of rotatable bonds is 5. The zero-order chi connectivity index (χ0) is 14.4. The number of nitro groups is 1. The van der Waals surface area contributed by atoms with Crippen LogP contribution < -0.4 is 10.6 Å². The number of nitrogens with zero attached hydrogens (tertiary/aromatic N) is 1. The Morgan fingerprint density at radius 2 is 2.20 bits per heavy atom. The molecule has 1 aliphatic rings. The Balaban J connectivity index is 1.93. The molecule has 0 aromatic heterocycles. The highest BCUT2D eigenvalue weighted by molar-refractivity contribution is 5.61. The fourth-order valence-electron chi connectivity index (χ4n) is 2.81. The molecule has 2 unspecified atom stereocenters. The van der Waals surface area contributed by atoms with Gasteiger partial charge in [0.15, 0.2) is 0 Å². The molecule has 1 fully saturated rings. The Labute approximate surface area is 119 Å². The van der Waals surface area contributed by atoms with Crippen LogP contribution in [-0.4, -0.2) is 23.6 Å². The van der Waals surface area contributed by atoms with Crippen molar-refractivity contribution in [2.45, 2.75) is 51.1 Å². The van der Waals surface area contributed by atoms with Gasteiger partial charge in [0, 0.05) is 18.2 Å². The Morgan fingerprint density at radius 3 is 3.00 bits per heavy atom. The van der Waals surface area contributed by atoms with Gasteiger partial charge in [0.1, 0.15) is 5.69 Å². The van der Waals surface area contributed by atoms with Gasteiger partial charge >= 0.3 is 0 Å². The molecule has 0 bridgehead atoms. The van der Waals surface area contributed by atoms with E-state index in [2.05, 4.69) is 17.6 Å². The monoisotopic (exact) mass is 277 g/mol. The third-order valence-corrected chi connectivity index (χ3v) is 3.80. The Hall–Kier alpha value is -1.62. The molecule has 1 aromatic carbocycles. The van der Waals surface area contributed by atoms with Crippen molar-refractivity contribution >= 4 is 11.4 Å². The summed E-state index contributed by atoms with van der Waals surface area (Å²) in [5, 5.41) is 17.8. The predicted octanol–water partition coefficient (Wildman–Crippen LogP) is 3.32.